The van der Waals surface area contributed by atoms with Crippen molar-refractivity contribution in [3.63, 3.8) is 0 Å². The fourth-order valence-corrected chi connectivity index (χ4v) is 2.29. The summed E-state index contributed by atoms with van der Waals surface area (Å²) >= 11 is 3.45. The summed E-state index contributed by atoms with van der Waals surface area (Å²) in [6.07, 6.45) is 2.42. The van der Waals surface area contributed by atoms with Gasteiger partial charge in [0.25, 0.3) is 0 Å². The second-order valence-electron chi connectivity index (χ2n) is 3.86. The van der Waals surface area contributed by atoms with Crippen LogP contribution in [0.5, 0.6) is 0 Å². The van der Waals surface area contributed by atoms with Gasteiger partial charge in [-0.25, -0.2) is 0 Å². The molecule has 2 aromatic rings. The highest BCUT2D eigenvalue weighted by atomic mass is 79.9. The molecular weight excluding hydrogens is 278 g/mol. The second-order valence-corrected chi connectivity index (χ2v) is 4.71. The maximum Gasteiger partial charge on any atom is 0.0768 e. The normalized spacial score (nSPS) is 12.1. The van der Waals surface area contributed by atoms with Crippen LogP contribution in [0.2, 0.25) is 0 Å². The molecule has 1 heterocycles. The Kier molecular flexibility index (Phi) is 3.60. The minimum absolute atomic E-state index is 0.136. The van der Waals surface area contributed by atoms with Gasteiger partial charge in [0.15, 0.2) is 0 Å². The zero-order chi connectivity index (χ0) is 12.3. The standard InChI is InChI=1S/C13H12BrN3/c1-17-13(12(14)9-16-17)7-11(8-15)10-5-3-2-4-6-10/h2-6,9,11H,7H2,1H3. The third-order valence-electron chi connectivity index (χ3n) is 2.77. The average molecular weight is 290 g/mol. The van der Waals surface area contributed by atoms with E-state index in [1.807, 2.05) is 37.4 Å². The highest BCUT2D eigenvalue weighted by Gasteiger charge is 2.15. The van der Waals surface area contributed by atoms with Gasteiger partial charge in [0.1, 0.15) is 0 Å². The van der Waals surface area contributed by atoms with Crippen molar-refractivity contribution >= 4 is 15.9 Å². The van der Waals surface area contributed by atoms with Crippen molar-refractivity contribution in [1.82, 2.24) is 9.78 Å². The van der Waals surface area contributed by atoms with Crippen molar-refractivity contribution in [1.29, 1.82) is 5.26 Å². The smallest absolute Gasteiger partial charge is 0.0768 e. The number of hydrogen-bond acceptors (Lipinski definition) is 2. The summed E-state index contributed by atoms with van der Waals surface area (Å²) in [5.41, 5.74) is 2.09. The largest absolute Gasteiger partial charge is 0.271 e. The number of aryl methyl sites for hydroxylation is 1. The lowest BCUT2D eigenvalue weighted by atomic mass is 9.96. The van der Waals surface area contributed by atoms with Crippen LogP contribution in [0.1, 0.15) is 17.2 Å². The van der Waals surface area contributed by atoms with E-state index in [2.05, 4.69) is 27.1 Å². The Labute approximate surface area is 109 Å². The zero-order valence-corrected chi connectivity index (χ0v) is 11.1. The minimum atomic E-state index is -0.136. The van der Waals surface area contributed by atoms with Crippen molar-refractivity contribution in [3.8, 4) is 6.07 Å². The van der Waals surface area contributed by atoms with Crippen molar-refractivity contribution in [3.05, 3.63) is 52.3 Å². The molecule has 0 saturated heterocycles. The number of halogens is 1. The molecule has 0 spiro atoms. The van der Waals surface area contributed by atoms with Gasteiger partial charge in [-0.05, 0) is 21.5 Å². The van der Waals surface area contributed by atoms with Gasteiger partial charge in [-0.1, -0.05) is 30.3 Å². The Morgan fingerprint density at radius 1 is 1.41 bits per heavy atom. The molecule has 1 aromatic carbocycles. The van der Waals surface area contributed by atoms with Gasteiger partial charge in [-0.15, -0.1) is 0 Å². The summed E-state index contributed by atoms with van der Waals surface area (Å²) in [7, 11) is 1.89. The van der Waals surface area contributed by atoms with Gasteiger partial charge in [-0.3, -0.25) is 4.68 Å². The Hall–Kier alpha value is -1.60. The van der Waals surface area contributed by atoms with E-state index in [0.717, 1.165) is 15.7 Å². The molecule has 1 unspecified atom stereocenters. The van der Waals surface area contributed by atoms with E-state index in [1.54, 1.807) is 10.9 Å². The maximum atomic E-state index is 9.27. The van der Waals surface area contributed by atoms with E-state index >= 15 is 0 Å². The summed E-state index contributed by atoms with van der Waals surface area (Å²) < 4.78 is 2.76. The van der Waals surface area contributed by atoms with E-state index in [4.69, 9.17) is 0 Å². The van der Waals surface area contributed by atoms with Crippen molar-refractivity contribution in [2.24, 2.45) is 7.05 Å². The van der Waals surface area contributed by atoms with Crippen LogP contribution < -0.4 is 0 Å². The van der Waals surface area contributed by atoms with E-state index in [0.29, 0.717) is 6.42 Å². The number of rotatable bonds is 3. The van der Waals surface area contributed by atoms with Crippen LogP contribution in [0, 0.1) is 11.3 Å². The summed E-state index contributed by atoms with van der Waals surface area (Å²) in [6, 6.07) is 12.2. The van der Waals surface area contributed by atoms with E-state index < -0.39 is 0 Å². The van der Waals surface area contributed by atoms with Gasteiger partial charge in [0.2, 0.25) is 0 Å². The predicted molar refractivity (Wildman–Crippen MR) is 69.4 cm³/mol. The van der Waals surface area contributed by atoms with Gasteiger partial charge < -0.3 is 0 Å². The first-order valence-electron chi connectivity index (χ1n) is 5.33. The van der Waals surface area contributed by atoms with Crippen LogP contribution >= 0.6 is 15.9 Å². The molecule has 0 saturated carbocycles. The third-order valence-corrected chi connectivity index (χ3v) is 3.43. The molecule has 17 heavy (non-hydrogen) atoms. The molecule has 0 bridgehead atoms. The first-order valence-corrected chi connectivity index (χ1v) is 6.12. The molecule has 0 aliphatic carbocycles. The van der Waals surface area contributed by atoms with Gasteiger partial charge >= 0.3 is 0 Å². The molecule has 0 N–H and O–H groups in total. The number of nitriles is 1. The fourth-order valence-electron chi connectivity index (χ4n) is 1.78. The topological polar surface area (TPSA) is 41.6 Å². The SMILES string of the molecule is Cn1ncc(Br)c1CC(C#N)c1ccccc1. The van der Waals surface area contributed by atoms with Crippen LogP contribution in [-0.2, 0) is 13.5 Å². The predicted octanol–water partition coefficient (Wildman–Crippen LogP) is 3.03. The van der Waals surface area contributed by atoms with E-state index in [-0.39, 0.29) is 5.92 Å². The Bertz CT molecular complexity index is 520. The summed E-state index contributed by atoms with van der Waals surface area (Å²) in [5, 5.41) is 13.4. The molecule has 0 fully saturated rings. The van der Waals surface area contributed by atoms with Crippen LogP contribution in [0.3, 0.4) is 0 Å². The highest BCUT2D eigenvalue weighted by Crippen LogP contribution is 2.24. The third kappa shape index (κ3) is 2.56. The number of hydrogen-bond donors (Lipinski definition) is 0. The monoisotopic (exact) mass is 289 g/mol. The fraction of sp³-hybridized carbons (Fsp3) is 0.231. The molecule has 0 radical (unpaired) electrons. The quantitative estimate of drug-likeness (QED) is 0.872. The van der Waals surface area contributed by atoms with Gasteiger partial charge in [0.05, 0.1) is 28.4 Å². The molecule has 0 amide bonds. The highest BCUT2D eigenvalue weighted by molar-refractivity contribution is 9.10. The number of nitrogens with zero attached hydrogens (tertiary/aromatic N) is 3. The summed E-state index contributed by atoms with van der Waals surface area (Å²) in [6.45, 7) is 0. The molecule has 0 aliphatic rings. The zero-order valence-electron chi connectivity index (χ0n) is 9.47. The minimum Gasteiger partial charge on any atom is -0.271 e. The first kappa shape index (κ1) is 11.9. The molecule has 3 nitrogen and oxygen atoms in total. The Balaban J connectivity index is 2.26. The summed E-state index contributed by atoms with van der Waals surface area (Å²) in [5.74, 6) is -0.136. The Morgan fingerprint density at radius 3 is 2.65 bits per heavy atom. The van der Waals surface area contributed by atoms with Gasteiger partial charge in [0, 0.05) is 13.5 Å². The number of benzene rings is 1. The van der Waals surface area contributed by atoms with Crippen LogP contribution in [0.15, 0.2) is 41.0 Å². The van der Waals surface area contributed by atoms with Crippen LogP contribution in [-0.4, -0.2) is 9.78 Å². The molecule has 1 atom stereocenters. The maximum absolute atomic E-state index is 9.27. The lowest BCUT2D eigenvalue weighted by Gasteiger charge is -2.10. The Morgan fingerprint density at radius 2 is 2.12 bits per heavy atom. The molecule has 1 aromatic heterocycles. The average Bonchev–Trinajstić information content (AvgIpc) is 2.68. The van der Waals surface area contributed by atoms with Crippen LogP contribution in [0.4, 0.5) is 0 Å². The van der Waals surface area contributed by atoms with Crippen molar-refractivity contribution in [2.75, 3.05) is 0 Å². The second kappa shape index (κ2) is 5.15. The van der Waals surface area contributed by atoms with Gasteiger partial charge in [-0.2, -0.15) is 10.4 Å². The summed E-state index contributed by atoms with van der Waals surface area (Å²) in [4.78, 5) is 0. The van der Waals surface area contributed by atoms with Crippen molar-refractivity contribution in [2.45, 2.75) is 12.3 Å². The molecular formula is C13H12BrN3. The van der Waals surface area contributed by atoms with E-state index in [1.165, 1.54) is 0 Å². The molecule has 0 aliphatic heterocycles. The molecule has 2 rings (SSSR count). The van der Waals surface area contributed by atoms with Crippen molar-refractivity contribution < 1.29 is 0 Å². The number of aromatic nitrogens is 2. The lowest BCUT2D eigenvalue weighted by molar-refractivity contribution is 0.683. The van der Waals surface area contributed by atoms with Crippen LogP contribution in [0.25, 0.3) is 0 Å². The molecule has 4 heteroatoms. The first-order chi connectivity index (χ1) is 8.22. The lowest BCUT2D eigenvalue weighted by Crippen LogP contribution is -2.06. The van der Waals surface area contributed by atoms with E-state index in [9.17, 15) is 5.26 Å². The molecule has 86 valence electrons.